The first-order chi connectivity index (χ1) is 10.5. The Morgan fingerprint density at radius 2 is 1.41 bits per heavy atom. The van der Waals surface area contributed by atoms with Gasteiger partial charge in [-0.1, -0.05) is 0 Å². The quantitative estimate of drug-likeness (QED) is 0.884. The zero-order valence-electron chi connectivity index (χ0n) is 12.5. The maximum absolute atomic E-state index is 12.5. The van der Waals surface area contributed by atoms with Crippen molar-refractivity contribution in [2.45, 2.75) is 4.90 Å². The number of nitrogens with one attached hydrogen (secondary N) is 1. The molecule has 6 nitrogen and oxygen atoms in total. The second-order valence-electron chi connectivity index (χ2n) is 4.35. The van der Waals surface area contributed by atoms with Crippen LogP contribution in [-0.2, 0) is 10.0 Å². The summed E-state index contributed by atoms with van der Waals surface area (Å²) in [7, 11) is 0.674. The predicted molar refractivity (Wildman–Crippen MR) is 83.3 cm³/mol. The molecule has 0 aliphatic rings. The molecule has 0 bridgehead atoms. The van der Waals surface area contributed by atoms with E-state index in [9.17, 15) is 8.42 Å². The fraction of sp³-hybridized carbons (Fsp3) is 0.200. The number of ether oxygens (including phenoxy) is 3. The van der Waals surface area contributed by atoms with Gasteiger partial charge in [-0.3, -0.25) is 4.72 Å². The number of benzene rings is 2. The maximum atomic E-state index is 12.5. The van der Waals surface area contributed by atoms with E-state index in [1.807, 2.05) is 0 Å². The number of hydrogen-bond donors (Lipinski definition) is 1. The van der Waals surface area contributed by atoms with E-state index in [2.05, 4.69) is 4.72 Å². The Balaban J connectivity index is 2.33. The van der Waals surface area contributed by atoms with Crippen molar-refractivity contribution in [2.75, 3.05) is 26.1 Å². The molecule has 0 aliphatic carbocycles. The zero-order chi connectivity index (χ0) is 16.2. The standard InChI is InChI=1S/C15H17NO5S/c1-19-12-6-4-11(5-7-12)16-22(17,18)15-9-8-13(20-2)10-14(15)21-3/h4-10,16H,1-3H3. The molecule has 0 spiro atoms. The molecule has 0 fully saturated rings. The van der Waals surface area contributed by atoms with Gasteiger partial charge in [-0.2, -0.15) is 0 Å². The Hall–Kier alpha value is -2.41. The van der Waals surface area contributed by atoms with Crippen LogP contribution in [0.4, 0.5) is 5.69 Å². The lowest BCUT2D eigenvalue weighted by atomic mass is 10.3. The molecular formula is C15H17NO5S. The summed E-state index contributed by atoms with van der Waals surface area (Å²) in [5, 5.41) is 0. The smallest absolute Gasteiger partial charge is 0.265 e. The number of hydrogen-bond acceptors (Lipinski definition) is 5. The number of rotatable bonds is 6. The summed E-state index contributed by atoms with van der Waals surface area (Å²) in [6, 6.07) is 11.1. The van der Waals surface area contributed by atoms with Crippen LogP contribution in [0, 0.1) is 0 Å². The molecule has 0 radical (unpaired) electrons. The molecule has 0 heterocycles. The van der Waals surface area contributed by atoms with Crippen molar-refractivity contribution in [1.29, 1.82) is 0 Å². The van der Waals surface area contributed by atoms with Crippen molar-refractivity contribution < 1.29 is 22.6 Å². The van der Waals surface area contributed by atoms with Crippen LogP contribution in [0.15, 0.2) is 47.4 Å². The minimum atomic E-state index is -3.77. The SMILES string of the molecule is COc1ccc(NS(=O)(=O)c2ccc(OC)cc2OC)cc1. The van der Waals surface area contributed by atoms with Crippen LogP contribution in [0.25, 0.3) is 0 Å². The van der Waals surface area contributed by atoms with E-state index < -0.39 is 10.0 Å². The van der Waals surface area contributed by atoms with Crippen molar-refractivity contribution in [3.05, 3.63) is 42.5 Å². The highest BCUT2D eigenvalue weighted by atomic mass is 32.2. The largest absolute Gasteiger partial charge is 0.497 e. The van der Waals surface area contributed by atoms with Gasteiger partial charge in [0.05, 0.1) is 21.3 Å². The van der Waals surface area contributed by atoms with E-state index in [1.165, 1.54) is 26.4 Å². The predicted octanol–water partition coefficient (Wildman–Crippen LogP) is 2.51. The number of methoxy groups -OCH3 is 3. The third-order valence-electron chi connectivity index (χ3n) is 3.00. The summed E-state index contributed by atoms with van der Waals surface area (Å²) in [6.45, 7) is 0. The molecule has 1 N–H and O–H groups in total. The second-order valence-corrected chi connectivity index (χ2v) is 6.00. The van der Waals surface area contributed by atoms with Crippen LogP contribution in [0.3, 0.4) is 0 Å². The molecule has 0 atom stereocenters. The first-order valence-electron chi connectivity index (χ1n) is 6.39. The van der Waals surface area contributed by atoms with E-state index in [1.54, 1.807) is 37.4 Å². The molecule has 7 heteroatoms. The molecule has 0 saturated carbocycles. The molecule has 118 valence electrons. The highest BCUT2D eigenvalue weighted by molar-refractivity contribution is 7.92. The summed E-state index contributed by atoms with van der Waals surface area (Å²) in [5.41, 5.74) is 0.429. The highest BCUT2D eigenvalue weighted by Gasteiger charge is 2.20. The van der Waals surface area contributed by atoms with Crippen LogP contribution in [0.2, 0.25) is 0 Å². The first kappa shape index (κ1) is 16.0. The van der Waals surface area contributed by atoms with Crippen LogP contribution in [-0.4, -0.2) is 29.7 Å². The van der Waals surface area contributed by atoms with Gasteiger partial charge >= 0.3 is 0 Å². The molecular weight excluding hydrogens is 306 g/mol. The molecule has 0 amide bonds. The first-order valence-corrected chi connectivity index (χ1v) is 7.87. The monoisotopic (exact) mass is 323 g/mol. The molecule has 0 aromatic heterocycles. The fourth-order valence-electron chi connectivity index (χ4n) is 1.87. The molecule has 2 aromatic carbocycles. The molecule has 0 unspecified atom stereocenters. The van der Waals surface area contributed by atoms with Gasteiger partial charge in [0.1, 0.15) is 22.1 Å². The third-order valence-corrected chi connectivity index (χ3v) is 4.42. The van der Waals surface area contributed by atoms with Crippen LogP contribution >= 0.6 is 0 Å². The lowest BCUT2D eigenvalue weighted by Crippen LogP contribution is -2.14. The van der Waals surface area contributed by atoms with Crippen LogP contribution in [0.5, 0.6) is 17.2 Å². The van der Waals surface area contributed by atoms with Crippen molar-refractivity contribution in [1.82, 2.24) is 0 Å². The third kappa shape index (κ3) is 3.43. The highest BCUT2D eigenvalue weighted by Crippen LogP contribution is 2.30. The average Bonchev–Trinajstić information content (AvgIpc) is 2.54. The molecule has 2 aromatic rings. The zero-order valence-corrected chi connectivity index (χ0v) is 13.3. The Morgan fingerprint density at radius 3 is 1.95 bits per heavy atom. The van der Waals surface area contributed by atoms with Gasteiger partial charge in [0.25, 0.3) is 10.0 Å². The molecule has 22 heavy (non-hydrogen) atoms. The topological polar surface area (TPSA) is 73.9 Å². The Bertz CT molecular complexity index is 741. The lowest BCUT2D eigenvalue weighted by molar-refractivity contribution is 0.386. The Kier molecular flexibility index (Phi) is 4.77. The van der Waals surface area contributed by atoms with Gasteiger partial charge in [-0.15, -0.1) is 0 Å². The van der Waals surface area contributed by atoms with Gasteiger partial charge in [-0.25, -0.2) is 8.42 Å². The van der Waals surface area contributed by atoms with E-state index in [-0.39, 0.29) is 10.6 Å². The minimum Gasteiger partial charge on any atom is -0.497 e. The van der Waals surface area contributed by atoms with Crippen LogP contribution in [0.1, 0.15) is 0 Å². The fourth-order valence-corrected chi connectivity index (χ4v) is 3.08. The summed E-state index contributed by atoms with van der Waals surface area (Å²) < 4.78 is 42.7. The summed E-state index contributed by atoms with van der Waals surface area (Å²) in [4.78, 5) is 0.0339. The normalized spacial score (nSPS) is 10.9. The number of sulfonamides is 1. The molecule has 0 saturated heterocycles. The number of anilines is 1. The lowest BCUT2D eigenvalue weighted by Gasteiger charge is -2.13. The van der Waals surface area contributed by atoms with E-state index in [0.717, 1.165) is 0 Å². The van der Waals surface area contributed by atoms with Gasteiger partial charge < -0.3 is 14.2 Å². The van der Waals surface area contributed by atoms with Crippen molar-refractivity contribution in [3.8, 4) is 17.2 Å². The van der Waals surface area contributed by atoms with Gasteiger partial charge in [0.15, 0.2) is 0 Å². The summed E-state index contributed by atoms with van der Waals surface area (Å²) in [5.74, 6) is 1.37. The minimum absolute atomic E-state index is 0.0339. The van der Waals surface area contributed by atoms with Crippen molar-refractivity contribution in [2.24, 2.45) is 0 Å². The maximum Gasteiger partial charge on any atom is 0.265 e. The van der Waals surface area contributed by atoms with Crippen LogP contribution < -0.4 is 18.9 Å². The van der Waals surface area contributed by atoms with E-state index in [0.29, 0.717) is 17.2 Å². The molecule has 0 aliphatic heterocycles. The van der Waals surface area contributed by atoms with Crippen molar-refractivity contribution >= 4 is 15.7 Å². The van der Waals surface area contributed by atoms with Crippen molar-refractivity contribution in [3.63, 3.8) is 0 Å². The second kappa shape index (κ2) is 6.57. The van der Waals surface area contributed by atoms with Gasteiger partial charge in [0.2, 0.25) is 0 Å². The van der Waals surface area contributed by atoms with E-state index in [4.69, 9.17) is 14.2 Å². The Morgan fingerprint density at radius 1 is 0.818 bits per heavy atom. The van der Waals surface area contributed by atoms with Gasteiger partial charge in [-0.05, 0) is 36.4 Å². The molecule has 2 rings (SSSR count). The summed E-state index contributed by atoms with van der Waals surface area (Å²) in [6.07, 6.45) is 0. The summed E-state index contributed by atoms with van der Waals surface area (Å²) >= 11 is 0. The average molecular weight is 323 g/mol. The van der Waals surface area contributed by atoms with Gasteiger partial charge in [0, 0.05) is 11.8 Å². The van der Waals surface area contributed by atoms with E-state index >= 15 is 0 Å². The Labute approximate surface area is 129 Å².